The Labute approximate surface area is 139 Å². The van der Waals surface area contributed by atoms with E-state index in [0.717, 1.165) is 43.5 Å². The molecule has 24 heavy (non-hydrogen) atoms. The third-order valence-corrected chi connectivity index (χ3v) is 3.94. The van der Waals surface area contributed by atoms with Crippen molar-refractivity contribution in [1.29, 1.82) is 0 Å². The normalized spacial score (nSPS) is 14.6. The van der Waals surface area contributed by atoms with Crippen LogP contribution in [0.4, 0.5) is 17.2 Å². The number of ether oxygens (including phenoxy) is 1. The summed E-state index contributed by atoms with van der Waals surface area (Å²) in [5, 5.41) is 7.45. The predicted octanol–water partition coefficient (Wildman–Crippen LogP) is 2.24. The van der Waals surface area contributed by atoms with E-state index in [1.807, 2.05) is 12.1 Å². The molecule has 1 N–H and O–H groups in total. The Morgan fingerprint density at radius 2 is 1.83 bits per heavy atom. The fourth-order valence-corrected chi connectivity index (χ4v) is 2.70. The van der Waals surface area contributed by atoms with Gasteiger partial charge in [0.1, 0.15) is 18.5 Å². The summed E-state index contributed by atoms with van der Waals surface area (Å²) in [5.74, 6) is 0.766. The van der Waals surface area contributed by atoms with E-state index in [4.69, 9.17) is 4.74 Å². The fraction of sp³-hybridized carbons (Fsp3) is 0.235. The summed E-state index contributed by atoms with van der Waals surface area (Å²) in [7, 11) is 0. The van der Waals surface area contributed by atoms with Gasteiger partial charge < -0.3 is 15.0 Å². The van der Waals surface area contributed by atoms with Crippen LogP contribution in [0.1, 0.15) is 0 Å². The summed E-state index contributed by atoms with van der Waals surface area (Å²) in [5.41, 5.74) is 3.12. The van der Waals surface area contributed by atoms with Gasteiger partial charge in [-0.1, -0.05) is 0 Å². The Morgan fingerprint density at radius 3 is 2.58 bits per heavy atom. The van der Waals surface area contributed by atoms with Gasteiger partial charge in [0.15, 0.2) is 0 Å². The van der Waals surface area contributed by atoms with Gasteiger partial charge in [0.25, 0.3) is 0 Å². The number of nitrogens with zero attached hydrogens (tertiary/aromatic N) is 5. The number of benzene rings is 1. The molecule has 122 valence electrons. The van der Waals surface area contributed by atoms with Crippen LogP contribution in [0.5, 0.6) is 0 Å². The summed E-state index contributed by atoms with van der Waals surface area (Å²) in [6, 6.07) is 12.2. The van der Waals surface area contributed by atoms with Crippen molar-refractivity contribution in [3.63, 3.8) is 0 Å². The Bertz CT molecular complexity index is 781. The molecule has 3 aromatic rings. The van der Waals surface area contributed by atoms with Crippen LogP contribution in [0.25, 0.3) is 5.69 Å². The number of hydrogen-bond donors (Lipinski definition) is 1. The first-order chi connectivity index (χ1) is 11.9. The Morgan fingerprint density at radius 1 is 1.00 bits per heavy atom. The first-order valence-corrected chi connectivity index (χ1v) is 7.89. The topological polar surface area (TPSA) is 68.1 Å². The Balaban J connectivity index is 1.48. The zero-order chi connectivity index (χ0) is 16.2. The minimum Gasteiger partial charge on any atom is -0.378 e. The predicted molar refractivity (Wildman–Crippen MR) is 91.9 cm³/mol. The molecular formula is C17H18N6O. The van der Waals surface area contributed by atoms with Crippen molar-refractivity contribution in [2.45, 2.75) is 0 Å². The monoisotopic (exact) mass is 322 g/mol. The quantitative estimate of drug-likeness (QED) is 0.794. The zero-order valence-electron chi connectivity index (χ0n) is 13.2. The Hall–Kier alpha value is -2.93. The summed E-state index contributed by atoms with van der Waals surface area (Å²) in [6.45, 7) is 3.46. The van der Waals surface area contributed by atoms with Gasteiger partial charge in [-0.25, -0.2) is 14.6 Å². The smallest absolute Gasteiger partial charge is 0.138 e. The maximum Gasteiger partial charge on any atom is 0.138 e. The number of hydrogen-bond acceptors (Lipinski definition) is 6. The molecule has 1 saturated heterocycles. The molecule has 1 fully saturated rings. The van der Waals surface area contributed by atoms with E-state index in [0.29, 0.717) is 0 Å². The molecule has 1 aliphatic rings. The summed E-state index contributed by atoms with van der Waals surface area (Å²) in [6.07, 6.45) is 4.93. The second kappa shape index (κ2) is 6.67. The summed E-state index contributed by atoms with van der Waals surface area (Å²) < 4.78 is 7.09. The van der Waals surface area contributed by atoms with Gasteiger partial charge in [-0.15, -0.1) is 0 Å². The lowest BCUT2D eigenvalue weighted by atomic mass is 10.2. The molecule has 0 amide bonds. The fourth-order valence-electron chi connectivity index (χ4n) is 2.70. The molecule has 1 aromatic carbocycles. The van der Waals surface area contributed by atoms with Gasteiger partial charge in [0.2, 0.25) is 0 Å². The van der Waals surface area contributed by atoms with E-state index < -0.39 is 0 Å². The van der Waals surface area contributed by atoms with Crippen LogP contribution in [0.3, 0.4) is 0 Å². The first kappa shape index (κ1) is 14.6. The third kappa shape index (κ3) is 3.21. The Kier molecular flexibility index (Phi) is 4.07. The SMILES string of the molecule is c1cc(-n2cncn2)cc(Nc2ccc(N3CCOCC3)cc2)n1. The molecule has 0 radical (unpaired) electrons. The van der Waals surface area contributed by atoms with E-state index in [1.54, 1.807) is 17.2 Å². The van der Waals surface area contributed by atoms with Crippen LogP contribution in [0, 0.1) is 0 Å². The third-order valence-electron chi connectivity index (χ3n) is 3.94. The van der Waals surface area contributed by atoms with Crippen LogP contribution in [0.15, 0.2) is 55.2 Å². The molecule has 0 spiro atoms. The van der Waals surface area contributed by atoms with Gasteiger partial charge >= 0.3 is 0 Å². The standard InChI is InChI=1S/C17H18N6O/c1-3-15(22-7-9-24-10-8-22)4-2-14(1)21-17-11-16(5-6-19-17)23-13-18-12-20-23/h1-6,11-13H,7-10H2,(H,19,21). The number of aromatic nitrogens is 4. The van der Waals surface area contributed by atoms with Crippen molar-refractivity contribution in [3.05, 3.63) is 55.2 Å². The van der Waals surface area contributed by atoms with Gasteiger partial charge in [-0.2, -0.15) is 5.10 Å². The van der Waals surface area contributed by atoms with E-state index in [2.05, 4.69) is 49.5 Å². The molecule has 1 aliphatic heterocycles. The molecule has 7 heteroatoms. The van der Waals surface area contributed by atoms with Crippen LogP contribution < -0.4 is 10.2 Å². The molecule has 0 bridgehead atoms. The van der Waals surface area contributed by atoms with Crippen molar-refractivity contribution in [2.75, 3.05) is 36.5 Å². The molecule has 0 unspecified atom stereocenters. The highest BCUT2D eigenvalue weighted by Gasteiger charge is 2.10. The van der Waals surface area contributed by atoms with Crippen molar-refractivity contribution >= 4 is 17.2 Å². The lowest BCUT2D eigenvalue weighted by molar-refractivity contribution is 0.122. The number of rotatable bonds is 4. The number of pyridine rings is 1. The second-order valence-electron chi connectivity index (χ2n) is 5.51. The van der Waals surface area contributed by atoms with Crippen molar-refractivity contribution in [2.24, 2.45) is 0 Å². The largest absolute Gasteiger partial charge is 0.378 e. The first-order valence-electron chi connectivity index (χ1n) is 7.89. The second-order valence-corrected chi connectivity index (χ2v) is 5.51. The van der Waals surface area contributed by atoms with Crippen molar-refractivity contribution < 1.29 is 4.74 Å². The lowest BCUT2D eigenvalue weighted by Crippen LogP contribution is -2.36. The minimum atomic E-state index is 0.766. The van der Waals surface area contributed by atoms with Crippen LogP contribution >= 0.6 is 0 Å². The van der Waals surface area contributed by atoms with Gasteiger partial charge in [-0.05, 0) is 30.3 Å². The molecule has 2 aromatic heterocycles. The number of morpholine rings is 1. The van der Waals surface area contributed by atoms with Crippen LogP contribution in [-0.4, -0.2) is 46.1 Å². The lowest BCUT2D eigenvalue weighted by Gasteiger charge is -2.28. The minimum absolute atomic E-state index is 0.766. The molecule has 4 rings (SSSR count). The highest BCUT2D eigenvalue weighted by molar-refractivity contribution is 5.62. The van der Waals surface area contributed by atoms with Gasteiger partial charge in [0, 0.05) is 36.7 Å². The van der Waals surface area contributed by atoms with Crippen LogP contribution in [0.2, 0.25) is 0 Å². The van der Waals surface area contributed by atoms with Crippen molar-refractivity contribution in [1.82, 2.24) is 19.7 Å². The average Bonchev–Trinajstić information content (AvgIpc) is 3.18. The molecule has 3 heterocycles. The maximum absolute atomic E-state index is 5.39. The summed E-state index contributed by atoms with van der Waals surface area (Å²) >= 11 is 0. The van der Waals surface area contributed by atoms with Gasteiger partial charge in [0.05, 0.1) is 18.9 Å². The highest BCUT2D eigenvalue weighted by atomic mass is 16.5. The molecular weight excluding hydrogens is 304 g/mol. The van der Waals surface area contributed by atoms with Crippen molar-refractivity contribution in [3.8, 4) is 5.69 Å². The number of anilines is 3. The molecule has 0 saturated carbocycles. The van der Waals surface area contributed by atoms with Crippen LogP contribution in [-0.2, 0) is 4.74 Å². The van der Waals surface area contributed by atoms with E-state index >= 15 is 0 Å². The molecule has 0 aliphatic carbocycles. The van der Waals surface area contributed by atoms with E-state index in [-0.39, 0.29) is 0 Å². The maximum atomic E-state index is 5.39. The number of nitrogens with one attached hydrogen (secondary N) is 1. The zero-order valence-corrected chi connectivity index (χ0v) is 13.2. The highest BCUT2D eigenvalue weighted by Crippen LogP contribution is 2.22. The molecule has 0 atom stereocenters. The van der Waals surface area contributed by atoms with E-state index in [1.165, 1.54) is 12.0 Å². The average molecular weight is 322 g/mol. The molecule has 7 nitrogen and oxygen atoms in total. The van der Waals surface area contributed by atoms with E-state index in [9.17, 15) is 0 Å². The summed E-state index contributed by atoms with van der Waals surface area (Å²) in [4.78, 5) is 10.7. The van der Waals surface area contributed by atoms with Gasteiger partial charge in [-0.3, -0.25) is 0 Å².